The molecule has 12 heteroatoms. The highest BCUT2D eigenvalue weighted by molar-refractivity contribution is 9.10. The first-order chi connectivity index (χ1) is 11.2. The molecule has 138 valence electrons. The van der Waals surface area contributed by atoms with Crippen molar-refractivity contribution in [1.29, 1.82) is 0 Å². The normalized spacial score (nSPS) is 13.4. The van der Waals surface area contributed by atoms with Crippen molar-refractivity contribution in [2.75, 3.05) is 0 Å². The Labute approximate surface area is 148 Å². The fraction of sp³-hybridized carbons (Fsp3) is 0.308. The molecule has 1 aromatic heterocycles. The van der Waals surface area contributed by atoms with E-state index in [-0.39, 0.29) is 11.9 Å². The summed E-state index contributed by atoms with van der Waals surface area (Å²) < 4.78 is 106. The first-order valence-corrected chi connectivity index (χ1v) is 7.41. The van der Waals surface area contributed by atoms with E-state index in [4.69, 9.17) is 11.6 Å². The van der Waals surface area contributed by atoms with Crippen molar-refractivity contribution in [1.82, 2.24) is 9.55 Å². The number of hydrogen-bond acceptors (Lipinski definition) is 1. The zero-order valence-corrected chi connectivity index (χ0v) is 14.2. The molecule has 0 fully saturated rings. The summed E-state index contributed by atoms with van der Waals surface area (Å²) in [5, 5.41) is -0.756. The molecular formula is C13H6BrClF8N2. The number of aryl methyl sites for hydroxylation is 1. The maximum absolute atomic E-state index is 14.1. The second-order valence-electron chi connectivity index (χ2n) is 4.90. The van der Waals surface area contributed by atoms with Crippen molar-refractivity contribution in [3.8, 4) is 5.69 Å². The molecule has 2 rings (SSSR count). The zero-order chi connectivity index (χ0) is 19.4. The first kappa shape index (κ1) is 20.0. The Morgan fingerprint density at radius 1 is 1.08 bits per heavy atom. The molecular weight excluding hydrogens is 451 g/mol. The highest BCUT2D eigenvalue weighted by Crippen LogP contribution is 2.46. The van der Waals surface area contributed by atoms with Crippen molar-refractivity contribution in [2.45, 2.75) is 23.9 Å². The third kappa shape index (κ3) is 3.62. The van der Waals surface area contributed by atoms with Gasteiger partial charge in [-0.15, -0.1) is 0 Å². The molecule has 0 bridgehead atoms. The summed E-state index contributed by atoms with van der Waals surface area (Å²) in [5.41, 5.74) is -3.53. The molecule has 1 heterocycles. The Morgan fingerprint density at radius 2 is 1.64 bits per heavy atom. The van der Waals surface area contributed by atoms with Gasteiger partial charge in [0.2, 0.25) is 0 Å². The van der Waals surface area contributed by atoms with Gasteiger partial charge in [0, 0.05) is 6.20 Å². The Hall–Kier alpha value is -1.36. The molecule has 0 aliphatic heterocycles. The number of alkyl halides is 8. The molecule has 0 N–H and O–H groups in total. The van der Waals surface area contributed by atoms with Crippen LogP contribution >= 0.6 is 27.5 Å². The predicted octanol–water partition coefficient (Wildman–Crippen LogP) is 6.07. The van der Waals surface area contributed by atoms with E-state index in [1.165, 1.54) is 15.9 Å². The van der Waals surface area contributed by atoms with Crippen LogP contribution in [0.1, 0.15) is 17.1 Å². The van der Waals surface area contributed by atoms with Crippen molar-refractivity contribution >= 4 is 27.5 Å². The maximum atomic E-state index is 14.1. The number of benzene rings is 1. The van der Waals surface area contributed by atoms with Gasteiger partial charge in [-0.25, -0.2) is 9.37 Å². The predicted molar refractivity (Wildman–Crippen MR) is 76.0 cm³/mol. The van der Waals surface area contributed by atoms with Gasteiger partial charge < -0.3 is 0 Å². The van der Waals surface area contributed by atoms with Crippen LogP contribution < -0.4 is 0 Å². The van der Waals surface area contributed by atoms with Crippen molar-refractivity contribution in [2.24, 2.45) is 0 Å². The minimum Gasteiger partial charge on any atom is -0.299 e. The molecule has 2 aromatic rings. The highest BCUT2D eigenvalue weighted by atomic mass is 79.9. The third-order valence-electron chi connectivity index (χ3n) is 3.15. The van der Waals surface area contributed by atoms with Crippen molar-refractivity contribution < 1.29 is 35.1 Å². The average Bonchev–Trinajstić information content (AvgIpc) is 2.78. The van der Waals surface area contributed by atoms with Crippen molar-refractivity contribution in [3.63, 3.8) is 0 Å². The number of rotatable bonds is 3. The van der Waals surface area contributed by atoms with Gasteiger partial charge in [-0.3, -0.25) is 4.57 Å². The first-order valence-electron chi connectivity index (χ1n) is 6.24. The van der Waals surface area contributed by atoms with E-state index in [2.05, 4.69) is 4.98 Å². The number of halogens is 10. The monoisotopic (exact) mass is 456 g/mol. The lowest BCUT2D eigenvalue weighted by Crippen LogP contribution is -2.32. The van der Waals surface area contributed by atoms with Crippen LogP contribution in [0.15, 0.2) is 18.3 Å². The largest absolute Gasteiger partial charge is 0.416 e. The van der Waals surface area contributed by atoms with Gasteiger partial charge in [0.1, 0.15) is 23.0 Å². The minimum absolute atomic E-state index is 0.109. The SMILES string of the molecule is Cc1nc(C(F)(F)C(F)(F)Br)cn1-c1c(F)cc(C(F)(F)F)cc1Cl. The standard InChI is InChI=1S/C13H6BrClF8N2/c1-5-24-9(11(17,18)13(14,22)23)4-25(5)10-7(15)2-6(3-8(10)16)12(19,20)21/h2-4H,1H3. The Balaban J connectivity index is 2.62. The number of hydrogen-bond donors (Lipinski definition) is 0. The Kier molecular flexibility index (Phi) is 4.88. The molecule has 0 spiro atoms. The topological polar surface area (TPSA) is 17.8 Å². The third-order valence-corrected chi connectivity index (χ3v) is 3.93. The summed E-state index contributed by atoms with van der Waals surface area (Å²) in [7, 11) is 0. The van der Waals surface area contributed by atoms with Gasteiger partial charge >= 0.3 is 16.9 Å². The van der Waals surface area contributed by atoms with Crippen LogP contribution in [0, 0.1) is 12.7 Å². The van der Waals surface area contributed by atoms with Gasteiger partial charge in [0.15, 0.2) is 0 Å². The molecule has 0 unspecified atom stereocenters. The molecule has 25 heavy (non-hydrogen) atoms. The smallest absolute Gasteiger partial charge is 0.299 e. The molecule has 0 saturated carbocycles. The molecule has 0 saturated heterocycles. The average molecular weight is 458 g/mol. The summed E-state index contributed by atoms with van der Waals surface area (Å²) in [6, 6.07) is 0.494. The minimum atomic E-state index is -4.89. The maximum Gasteiger partial charge on any atom is 0.416 e. The summed E-state index contributed by atoms with van der Waals surface area (Å²) >= 11 is 7.16. The fourth-order valence-electron chi connectivity index (χ4n) is 1.95. The second kappa shape index (κ2) is 6.11. The van der Waals surface area contributed by atoms with E-state index in [0.29, 0.717) is 16.8 Å². The lowest BCUT2D eigenvalue weighted by molar-refractivity contribution is -0.156. The van der Waals surface area contributed by atoms with Gasteiger partial charge in [-0.05, 0) is 35.0 Å². The van der Waals surface area contributed by atoms with Crippen LogP contribution in [-0.2, 0) is 12.1 Å². The molecule has 0 aliphatic carbocycles. The van der Waals surface area contributed by atoms with E-state index in [9.17, 15) is 35.1 Å². The van der Waals surface area contributed by atoms with E-state index in [1.54, 1.807) is 0 Å². The summed E-state index contributed by atoms with van der Waals surface area (Å²) in [6.07, 6.45) is -4.51. The molecule has 2 nitrogen and oxygen atoms in total. The van der Waals surface area contributed by atoms with Crippen molar-refractivity contribution in [3.05, 3.63) is 46.3 Å². The van der Waals surface area contributed by atoms with Gasteiger partial charge in [0.05, 0.1) is 10.6 Å². The Bertz CT molecular complexity index is 786. The lowest BCUT2D eigenvalue weighted by Gasteiger charge is -2.19. The Morgan fingerprint density at radius 3 is 2.08 bits per heavy atom. The number of aromatic nitrogens is 2. The van der Waals surface area contributed by atoms with Gasteiger partial charge in [-0.1, -0.05) is 11.6 Å². The van der Waals surface area contributed by atoms with E-state index in [0.717, 1.165) is 6.92 Å². The fourth-order valence-corrected chi connectivity index (χ4v) is 2.46. The van der Waals surface area contributed by atoms with Crippen LogP contribution in [0.3, 0.4) is 0 Å². The lowest BCUT2D eigenvalue weighted by atomic mass is 10.2. The molecule has 0 radical (unpaired) electrons. The van der Waals surface area contributed by atoms with Gasteiger partial charge in [0.25, 0.3) is 0 Å². The molecule has 0 atom stereocenters. The highest BCUT2D eigenvalue weighted by Gasteiger charge is 2.57. The summed E-state index contributed by atoms with van der Waals surface area (Å²) in [6.45, 7) is 1.07. The van der Waals surface area contributed by atoms with E-state index >= 15 is 0 Å². The van der Waals surface area contributed by atoms with E-state index < -0.39 is 44.7 Å². The van der Waals surface area contributed by atoms with Crippen LogP contribution in [0.2, 0.25) is 5.02 Å². The number of imidazole rings is 1. The van der Waals surface area contributed by atoms with E-state index in [1.807, 2.05) is 0 Å². The molecule has 0 aliphatic rings. The van der Waals surface area contributed by atoms with Crippen LogP contribution in [0.5, 0.6) is 0 Å². The summed E-state index contributed by atoms with van der Waals surface area (Å²) in [5.74, 6) is -6.62. The van der Waals surface area contributed by atoms with Gasteiger partial charge in [-0.2, -0.15) is 30.7 Å². The molecule has 0 amide bonds. The van der Waals surface area contributed by atoms with Crippen LogP contribution in [0.25, 0.3) is 5.69 Å². The second-order valence-corrected chi connectivity index (χ2v) is 6.30. The van der Waals surface area contributed by atoms with Crippen LogP contribution in [-0.4, -0.2) is 14.4 Å². The summed E-state index contributed by atoms with van der Waals surface area (Å²) in [4.78, 5) is -1.41. The quantitative estimate of drug-likeness (QED) is 0.404. The molecule has 1 aromatic carbocycles. The number of nitrogens with zero attached hydrogens (tertiary/aromatic N) is 2. The zero-order valence-electron chi connectivity index (χ0n) is 11.9. The van der Waals surface area contributed by atoms with Crippen LogP contribution in [0.4, 0.5) is 35.1 Å².